The molecule has 3 rings (SSSR count). The number of carbonyl (C=O) groups is 2. The molecule has 1 N–H and O–H groups in total. The van der Waals surface area contributed by atoms with Gasteiger partial charge in [0.25, 0.3) is 0 Å². The van der Waals surface area contributed by atoms with Crippen LogP contribution in [-0.2, 0) is 4.79 Å². The summed E-state index contributed by atoms with van der Waals surface area (Å²) in [5.74, 6) is -0.224. The van der Waals surface area contributed by atoms with Crippen molar-refractivity contribution < 1.29 is 9.59 Å². The smallest absolute Gasteiger partial charge is 0.313 e. The molecule has 120 valence electrons. The molecule has 1 aromatic carbocycles. The first kappa shape index (κ1) is 15.5. The van der Waals surface area contributed by atoms with Crippen LogP contribution in [0, 0.1) is 13.8 Å². The molecule has 1 fully saturated rings. The Kier molecular flexibility index (Phi) is 4.29. The van der Waals surface area contributed by atoms with Crippen molar-refractivity contribution in [1.82, 2.24) is 9.88 Å². The molecule has 6 nitrogen and oxygen atoms in total. The van der Waals surface area contributed by atoms with E-state index < -0.39 is 0 Å². The molecule has 1 aromatic heterocycles. The monoisotopic (exact) mass is 330 g/mol. The lowest BCUT2D eigenvalue weighted by Crippen LogP contribution is -2.37. The van der Waals surface area contributed by atoms with E-state index in [0.29, 0.717) is 18.2 Å². The van der Waals surface area contributed by atoms with Gasteiger partial charge in [-0.25, -0.2) is 9.78 Å². The minimum Gasteiger partial charge on any atom is -0.313 e. The number of carbonyl (C=O) groups excluding carboxylic acids is 2. The largest absolute Gasteiger partial charge is 0.325 e. The van der Waals surface area contributed by atoms with Crippen LogP contribution < -0.4 is 10.2 Å². The Bertz CT molecular complexity index is 726. The summed E-state index contributed by atoms with van der Waals surface area (Å²) in [5.41, 5.74) is 2.88. The minimum absolute atomic E-state index is 0.0415. The Labute approximate surface area is 138 Å². The normalized spacial score (nSPS) is 14.4. The second kappa shape index (κ2) is 6.37. The van der Waals surface area contributed by atoms with Gasteiger partial charge in [0.15, 0.2) is 5.13 Å². The summed E-state index contributed by atoms with van der Waals surface area (Å²) in [5, 5.41) is 5.16. The zero-order valence-corrected chi connectivity index (χ0v) is 13.9. The number of hydrogen-bond acceptors (Lipinski definition) is 4. The summed E-state index contributed by atoms with van der Waals surface area (Å²) in [7, 11) is 0. The number of anilines is 2. The van der Waals surface area contributed by atoms with Gasteiger partial charge in [-0.3, -0.25) is 9.69 Å². The summed E-state index contributed by atoms with van der Waals surface area (Å²) in [6.07, 6.45) is 0. The van der Waals surface area contributed by atoms with Crippen molar-refractivity contribution in [2.75, 3.05) is 29.9 Å². The van der Waals surface area contributed by atoms with Crippen molar-refractivity contribution >= 4 is 34.1 Å². The van der Waals surface area contributed by atoms with Crippen LogP contribution >= 0.6 is 11.3 Å². The molecule has 0 unspecified atom stereocenters. The number of benzene rings is 1. The van der Waals surface area contributed by atoms with Crippen LogP contribution in [0.1, 0.15) is 11.3 Å². The van der Waals surface area contributed by atoms with E-state index in [0.717, 1.165) is 16.9 Å². The first-order chi connectivity index (χ1) is 11.0. The summed E-state index contributed by atoms with van der Waals surface area (Å²) in [4.78, 5) is 31.9. The molecule has 3 amide bonds. The molecule has 2 aromatic rings. The van der Waals surface area contributed by atoms with Gasteiger partial charge in [0.05, 0.1) is 5.69 Å². The van der Waals surface area contributed by atoms with Crippen molar-refractivity contribution in [1.29, 1.82) is 0 Å². The number of urea groups is 1. The molecule has 0 aliphatic carbocycles. The van der Waals surface area contributed by atoms with Crippen LogP contribution in [0.3, 0.4) is 0 Å². The number of rotatable bonds is 4. The van der Waals surface area contributed by atoms with Gasteiger partial charge in [-0.15, -0.1) is 11.3 Å². The minimum atomic E-state index is -0.224. The Hall–Kier alpha value is -2.41. The lowest BCUT2D eigenvalue weighted by molar-refractivity contribution is -0.116. The molecule has 0 saturated carbocycles. The zero-order valence-electron chi connectivity index (χ0n) is 13.1. The first-order valence-corrected chi connectivity index (χ1v) is 8.26. The predicted octanol–water partition coefficient (Wildman–Crippen LogP) is 2.64. The predicted molar refractivity (Wildman–Crippen MR) is 91.0 cm³/mol. The van der Waals surface area contributed by atoms with Crippen molar-refractivity contribution in [2.45, 2.75) is 13.8 Å². The lowest BCUT2D eigenvalue weighted by Gasteiger charge is -2.18. The SMILES string of the molecule is Cc1ccc(N2CCN(CC(=O)Nc3nc(C)cs3)C2=O)cc1. The van der Waals surface area contributed by atoms with Crippen LogP contribution in [0.4, 0.5) is 15.6 Å². The van der Waals surface area contributed by atoms with E-state index in [-0.39, 0.29) is 18.5 Å². The van der Waals surface area contributed by atoms with Crippen LogP contribution in [0.25, 0.3) is 0 Å². The topological polar surface area (TPSA) is 65.5 Å². The number of hydrogen-bond donors (Lipinski definition) is 1. The Morgan fingerprint density at radius 3 is 2.65 bits per heavy atom. The van der Waals surface area contributed by atoms with Gasteiger partial charge < -0.3 is 10.2 Å². The van der Waals surface area contributed by atoms with Crippen molar-refractivity contribution in [3.05, 3.63) is 40.9 Å². The molecular formula is C16H18N4O2S. The first-order valence-electron chi connectivity index (χ1n) is 7.38. The molecule has 1 saturated heterocycles. The maximum atomic E-state index is 12.4. The third kappa shape index (κ3) is 3.50. The van der Waals surface area contributed by atoms with Gasteiger partial charge in [0.2, 0.25) is 5.91 Å². The van der Waals surface area contributed by atoms with Crippen molar-refractivity contribution in [3.8, 4) is 0 Å². The number of nitrogens with one attached hydrogen (secondary N) is 1. The van der Waals surface area contributed by atoms with Gasteiger partial charge >= 0.3 is 6.03 Å². The molecular weight excluding hydrogens is 312 g/mol. The van der Waals surface area contributed by atoms with E-state index in [2.05, 4.69) is 10.3 Å². The third-order valence-corrected chi connectivity index (χ3v) is 4.52. The zero-order chi connectivity index (χ0) is 16.4. The summed E-state index contributed by atoms with van der Waals surface area (Å²) >= 11 is 1.38. The molecule has 0 spiro atoms. The van der Waals surface area contributed by atoms with Crippen LogP contribution in [0.15, 0.2) is 29.6 Å². The molecule has 0 bridgehead atoms. The van der Waals surface area contributed by atoms with E-state index in [1.165, 1.54) is 11.3 Å². The van der Waals surface area contributed by atoms with Crippen LogP contribution in [-0.4, -0.2) is 41.5 Å². The van der Waals surface area contributed by atoms with E-state index in [1.807, 2.05) is 43.5 Å². The Morgan fingerprint density at radius 2 is 2.00 bits per heavy atom. The van der Waals surface area contributed by atoms with E-state index >= 15 is 0 Å². The highest BCUT2D eigenvalue weighted by atomic mass is 32.1. The highest BCUT2D eigenvalue weighted by Gasteiger charge is 2.30. The third-order valence-electron chi connectivity index (χ3n) is 3.64. The van der Waals surface area contributed by atoms with Gasteiger partial charge in [-0.1, -0.05) is 17.7 Å². The average molecular weight is 330 g/mol. The Balaban J connectivity index is 1.60. The maximum absolute atomic E-state index is 12.4. The second-order valence-electron chi connectivity index (χ2n) is 5.53. The number of amides is 3. The molecule has 7 heteroatoms. The second-order valence-corrected chi connectivity index (χ2v) is 6.39. The molecule has 1 aliphatic heterocycles. The fourth-order valence-corrected chi connectivity index (χ4v) is 3.14. The van der Waals surface area contributed by atoms with Crippen molar-refractivity contribution in [2.24, 2.45) is 0 Å². The average Bonchev–Trinajstić information content (AvgIpc) is 3.07. The summed E-state index contributed by atoms with van der Waals surface area (Å²) < 4.78 is 0. The highest BCUT2D eigenvalue weighted by molar-refractivity contribution is 7.13. The Morgan fingerprint density at radius 1 is 1.26 bits per heavy atom. The van der Waals surface area contributed by atoms with Gasteiger partial charge in [-0.05, 0) is 26.0 Å². The maximum Gasteiger partial charge on any atom is 0.325 e. The van der Waals surface area contributed by atoms with Gasteiger partial charge in [-0.2, -0.15) is 0 Å². The van der Waals surface area contributed by atoms with E-state index in [4.69, 9.17) is 0 Å². The quantitative estimate of drug-likeness (QED) is 0.937. The highest BCUT2D eigenvalue weighted by Crippen LogP contribution is 2.21. The number of aryl methyl sites for hydroxylation is 2. The summed E-state index contributed by atoms with van der Waals surface area (Å²) in [6, 6.07) is 7.66. The molecule has 0 radical (unpaired) electrons. The van der Waals surface area contributed by atoms with E-state index in [1.54, 1.807) is 9.80 Å². The van der Waals surface area contributed by atoms with Gasteiger partial charge in [0.1, 0.15) is 6.54 Å². The number of nitrogens with zero attached hydrogens (tertiary/aromatic N) is 3. The fraction of sp³-hybridized carbons (Fsp3) is 0.312. The van der Waals surface area contributed by atoms with Crippen molar-refractivity contribution in [3.63, 3.8) is 0 Å². The van der Waals surface area contributed by atoms with E-state index in [9.17, 15) is 9.59 Å². The number of thiazole rings is 1. The molecule has 0 atom stereocenters. The standard InChI is InChI=1S/C16H18N4O2S/c1-11-3-5-13(6-4-11)20-8-7-19(16(20)22)9-14(21)18-15-17-12(2)10-23-15/h3-6,10H,7-9H2,1-2H3,(H,17,18,21). The van der Waals surface area contributed by atoms with Crippen LogP contribution in [0.5, 0.6) is 0 Å². The summed E-state index contributed by atoms with van der Waals surface area (Å²) in [6.45, 7) is 5.05. The number of aromatic nitrogens is 1. The van der Waals surface area contributed by atoms with Crippen LogP contribution in [0.2, 0.25) is 0 Å². The lowest BCUT2D eigenvalue weighted by atomic mass is 10.2. The molecule has 2 heterocycles. The van der Waals surface area contributed by atoms with Gasteiger partial charge in [0, 0.05) is 24.2 Å². The molecule has 23 heavy (non-hydrogen) atoms. The fourth-order valence-electron chi connectivity index (χ4n) is 2.44. The molecule has 1 aliphatic rings.